The largest absolute Gasteiger partial charge is 0.349 e. The summed E-state index contributed by atoms with van der Waals surface area (Å²) < 4.78 is 0. The van der Waals surface area contributed by atoms with Crippen LogP contribution in [0.4, 0.5) is 0 Å². The van der Waals surface area contributed by atoms with Gasteiger partial charge in [-0.1, -0.05) is 11.6 Å². The molecule has 1 aromatic heterocycles. The number of nitrogens with one attached hydrogen (secondary N) is 1. The van der Waals surface area contributed by atoms with Gasteiger partial charge in [0.05, 0.1) is 5.56 Å². The zero-order valence-corrected chi connectivity index (χ0v) is 13.8. The van der Waals surface area contributed by atoms with E-state index in [0.717, 1.165) is 17.8 Å². The minimum Gasteiger partial charge on any atom is -0.349 e. The zero-order chi connectivity index (χ0) is 15.3. The Hall–Kier alpha value is -1.09. The van der Waals surface area contributed by atoms with Crippen LogP contribution in [0.1, 0.15) is 55.8 Å². The Morgan fingerprint density at radius 2 is 1.86 bits per heavy atom. The third-order valence-electron chi connectivity index (χ3n) is 6.36. The van der Waals surface area contributed by atoms with Crippen molar-refractivity contribution in [2.45, 2.75) is 51.5 Å². The molecule has 22 heavy (non-hydrogen) atoms. The number of hydrogen-bond donors (Lipinski definition) is 1. The summed E-state index contributed by atoms with van der Waals surface area (Å²) in [5.41, 5.74) is 0.805. The summed E-state index contributed by atoms with van der Waals surface area (Å²) in [5.74, 6) is 2.61. The standard InChI is InChI=1S/C18H23ClN2O/c1-11(21-17(22)15-3-2-4-20-16(15)19)18-8-12-5-13(9-18)7-14(6-12)10-18/h2-4,11-14H,5-10H2,1H3,(H,21,22). The highest BCUT2D eigenvalue weighted by Crippen LogP contribution is 2.61. The van der Waals surface area contributed by atoms with Crippen molar-refractivity contribution in [2.75, 3.05) is 0 Å². The van der Waals surface area contributed by atoms with Crippen LogP contribution in [0.15, 0.2) is 18.3 Å². The molecule has 0 spiro atoms. The molecule has 1 atom stereocenters. The van der Waals surface area contributed by atoms with Crippen molar-refractivity contribution in [3.63, 3.8) is 0 Å². The Morgan fingerprint density at radius 3 is 2.41 bits per heavy atom. The van der Waals surface area contributed by atoms with Crippen LogP contribution in [-0.4, -0.2) is 16.9 Å². The summed E-state index contributed by atoms with van der Waals surface area (Å²) in [6.45, 7) is 2.19. The lowest BCUT2D eigenvalue weighted by Gasteiger charge is -2.59. The van der Waals surface area contributed by atoms with Gasteiger partial charge in [0.25, 0.3) is 5.91 Å². The molecular weight excluding hydrogens is 296 g/mol. The zero-order valence-electron chi connectivity index (χ0n) is 13.0. The molecule has 0 aromatic carbocycles. The molecule has 1 unspecified atom stereocenters. The smallest absolute Gasteiger partial charge is 0.254 e. The monoisotopic (exact) mass is 318 g/mol. The first-order valence-electron chi connectivity index (χ1n) is 8.47. The molecule has 4 aliphatic carbocycles. The van der Waals surface area contributed by atoms with Crippen molar-refractivity contribution in [1.29, 1.82) is 0 Å². The van der Waals surface area contributed by atoms with Crippen molar-refractivity contribution in [3.05, 3.63) is 29.0 Å². The first kappa shape index (κ1) is 14.5. The van der Waals surface area contributed by atoms with Gasteiger partial charge >= 0.3 is 0 Å². The molecule has 4 aliphatic rings. The summed E-state index contributed by atoms with van der Waals surface area (Å²) in [6, 6.07) is 3.72. The summed E-state index contributed by atoms with van der Waals surface area (Å²) in [6.07, 6.45) is 9.77. The highest BCUT2D eigenvalue weighted by Gasteiger charge is 2.53. The summed E-state index contributed by atoms with van der Waals surface area (Å²) in [5, 5.41) is 3.52. The molecule has 1 N–H and O–H groups in total. The second-order valence-electron chi connectivity index (χ2n) is 7.82. The van der Waals surface area contributed by atoms with Gasteiger partial charge < -0.3 is 5.32 Å². The fraction of sp³-hybridized carbons (Fsp3) is 0.667. The third-order valence-corrected chi connectivity index (χ3v) is 6.66. The maximum atomic E-state index is 12.5. The summed E-state index contributed by atoms with van der Waals surface area (Å²) in [7, 11) is 0. The van der Waals surface area contributed by atoms with Crippen LogP contribution in [0.3, 0.4) is 0 Å². The molecule has 1 amide bonds. The van der Waals surface area contributed by atoms with E-state index in [1.165, 1.54) is 38.5 Å². The number of carbonyl (C=O) groups excluding carboxylic acids is 1. The first-order valence-corrected chi connectivity index (χ1v) is 8.85. The van der Waals surface area contributed by atoms with Gasteiger partial charge in [0, 0.05) is 12.2 Å². The lowest BCUT2D eigenvalue weighted by molar-refractivity contribution is -0.0688. The number of nitrogens with zero attached hydrogens (tertiary/aromatic N) is 1. The van der Waals surface area contributed by atoms with E-state index < -0.39 is 0 Å². The average Bonchev–Trinajstić information content (AvgIpc) is 2.46. The van der Waals surface area contributed by atoms with Crippen LogP contribution in [0, 0.1) is 23.2 Å². The SMILES string of the molecule is CC(NC(=O)c1cccnc1Cl)C12CC3CC(CC(C3)C1)C2. The minimum atomic E-state index is -0.0821. The Balaban J connectivity index is 1.52. The number of amides is 1. The van der Waals surface area contributed by atoms with E-state index in [1.807, 2.05) is 0 Å². The van der Waals surface area contributed by atoms with Crippen molar-refractivity contribution in [3.8, 4) is 0 Å². The van der Waals surface area contributed by atoms with E-state index in [0.29, 0.717) is 11.0 Å². The molecular formula is C18H23ClN2O. The number of halogens is 1. The molecule has 0 aliphatic heterocycles. The fourth-order valence-corrected chi connectivity index (χ4v) is 5.90. The number of hydrogen-bond acceptors (Lipinski definition) is 2. The third kappa shape index (κ3) is 2.34. The molecule has 1 aromatic rings. The maximum Gasteiger partial charge on any atom is 0.254 e. The lowest BCUT2D eigenvalue weighted by Crippen LogP contribution is -2.55. The molecule has 4 saturated carbocycles. The average molecular weight is 319 g/mol. The van der Waals surface area contributed by atoms with Crippen molar-refractivity contribution >= 4 is 17.5 Å². The quantitative estimate of drug-likeness (QED) is 0.854. The van der Waals surface area contributed by atoms with E-state index in [2.05, 4.69) is 17.2 Å². The van der Waals surface area contributed by atoms with Gasteiger partial charge in [0.2, 0.25) is 0 Å². The van der Waals surface area contributed by atoms with Gasteiger partial charge in [-0.05, 0) is 80.8 Å². The molecule has 4 bridgehead atoms. The summed E-state index contributed by atoms with van der Waals surface area (Å²) >= 11 is 6.05. The minimum absolute atomic E-state index is 0.0821. The maximum absolute atomic E-state index is 12.5. The first-order chi connectivity index (χ1) is 10.6. The predicted octanol–water partition coefficient (Wildman–Crippen LogP) is 4.07. The second-order valence-corrected chi connectivity index (χ2v) is 8.17. The van der Waals surface area contributed by atoms with Gasteiger partial charge in [-0.25, -0.2) is 4.98 Å². The molecule has 0 radical (unpaired) electrons. The molecule has 0 saturated heterocycles. The highest BCUT2D eigenvalue weighted by atomic mass is 35.5. The topological polar surface area (TPSA) is 42.0 Å². The Bertz CT molecular complexity index is 565. The molecule has 4 heteroatoms. The molecule has 118 valence electrons. The number of aromatic nitrogens is 1. The van der Waals surface area contributed by atoms with E-state index in [9.17, 15) is 4.79 Å². The highest BCUT2D eigenvalue weighted by molar-refractivity contribution is 6.32. The van der Waals surface area contributed by atoms with Gasteiger partial charge in [-0.3, -0.25) is 4.79 Å². The Kier molecular flexibility index (Phi) is 3.44. The van der Waals surface area contributed by atoms with Crippen LogP contribution in [0.2, 0.25) is 5.15 Å². The molecule has 4 fully saturated rings. The normalized spacial score (nSPS) is 37.1. The fourth-order valence-electron chi connectivity index (χ4n) is 5.69. The van der Waals surface area contributed by atoms with Gasteiger partial charge in [-0.15, -0.1) is 0 Å². The van der Waals surface area contributed by atoms with Crippen molar-refractivity contribution < 1.29 is 4.79 Å². The van der Waals surface area contributed by atoms with Gasteiger partial charge in [0.15, 0.2) is 0 Å². The number of pyridine rings is 1. The second kappa shape index (κ2) is 5.23. The Morgan fingerprint density at radius 1 is 1.27 bits per heavy atom. The van der Waals surface area contributed by atoms with Crippen LogP contribution >= 0.6 is 11.6 Å². The van der Waals surface area contributed by atoms with E-state index >= 15 is 0 Å². The molecule has 5 rings (SSSR count). The van der Waals surface area contributed by atoms with Crippen LogP contribution < -0.4 is 5.32 Å². The van der Waals surface area contributed by atoms with E-state index in [-0.39, 0.29) is 17.1 Å². The van der Waals surface area contributed by atoms with Gasteiger partial charge in [-0.2, -0.15) is 0 Å². The lowest BCUT2D eigenvalue weighted by atomic mass is 9.48. The Labute approximate surface area is 136 Å². The van der Waals surface area contributed by atoms with Crippen LogP contribution in [0.5, 0.6) is 0 Å². The van der Waals surface area contributed by atoms with E-state index in [4.69, 9.17) is 11.6 Å². The number of rotatable bonds is 3. The summed E-state index contributed by atoms with van der Waals surface area (Å²) in [4.78, 5) is 16.5. The van der Waals surface area contributed by atoms with Crippen LogP contribution in [0.25, 0.3) is 0 Å². The van der Waals surface area contributed by atoms with Crippen LogP contribution in [-0.2, 0) is 0 Å². The van der Waals surface area contributed by atoms with Gasteiger partial charge in [0.1, 0.15) is 5.15 Å². The van der Waals surface area contributed by atoms with Crippen molar-refractivity contribution in [2.24, 2.45) is 23.2 Å². The number of carbonyl (C=O) groups is 1. The predicted molar refractivity (Wildman–Crippen MR) is 86.8 cm³/mol. The molecule has 3 nitrogen and oxygen atoms in total. The van der Waals surface area contributed by atoms with E-state index in [1.54, 1.807) is 18.3 Å². The molecule has 1 heterocycles. The van der Waals surface area contributed by atoms with Crippen molar-refractivity contribution in [1.82, 2.24) is 10.3 Å².